The molecule has 0 radical (unpaired) electrons. The van der Waals surface area contributed by atoms with Crippen LogP contribution in [0, 0.1) is 5.92 Å². The lowest BCUT2D eigenvalue weighted by molar-refractivity contribution is -0.137. The number of amides is 2. The highest BCUT2D eigenvalue weighted by molar-refractivity contribution is 5.90. The van der Waals surface area contributed by atoms with Gasteiger partial charge in [-0.25, -0.2) is 0 Å². The molecule has 1 aromatic carbocycles. The van der Waals surface area contributed by atoms with Gasteiger partial charge in [0.05, 0.1) is 11.6 Å². The number of rotatable bonds is 4. The predicted octanol–water partition coefficient (Wildman–Crippen LogP) is 2.80. The first kappa shape index (κ1) is 17.3. The van der Waals surface area contributed by atoms with E-state index in [-0.39, 0.29) is 24.2 Å². The zero-order chi connectivity index (χ0) is 17.2. The van der Waals surface area contributed by atoms with Crippen LogP contribution in [0.2, 0.25) is 0 Å². The molecule has 0 unspecified atom stereocenters. The lowest BCUT2D eigenvalue weighted by Crippen LogP contribution is -2.44. The quantitative estimate of drug-likeness (QED) is 0.893. The maximum absolute atomic E-state index is 12.8. The summed E-state index contributed by atoms with van der Waals surface area (Å²) in [5, 5.41) is 5.31. The summed E-state index contributed by atoms with van der Waals surface area (Å²) in [6, 6.07) is 3.78. The molecule has 2 atom stereocenters. The van der Waals surface area contributed by atoms with Crippen molar-refractivity contribution in [3.8, 4) is 0 Å². The van der Waals surface area contributed by atoms with Gasteiger partial charge in [0, 0.05) is 6.42 Å². The van der Waals surface area contributed by atoms with Crippen LogP contribution >= 0.6 is 0 Å². The van der Waals surface area contributed by atoms with Gasteiger partial charge < -0.3 is 10.6 Å². The van der Waals surface area contributed by atoms with Crippen molar-refractivity contribution in [3.63, 3.8) is 0 Å². The van der Waals surface area contributed by atoms with E-state index in [1.807, 2.05) is 13.8 Å². The largest absolute Gasteiger partial charge is 0.416 e. The molecule has 1 aromatic rings. The van der Waals surface area contributed by atoms with Crippen LogP contribution in [0.1, 0.15) is 43.9 Å². The van der Waals surface area contributed by atoms with Gasteiger partial charge in [-0.2, -0.15) is 13.2 Å². The molecule has 1 fully saturated rings. The molecule has 1 aliphatic heterocycles. The maximum Gasteiger partial charge on any atom is 0.416 e. The summed E-state index contributed by atoms with van der Waals surface area (Å²) < 4.78 is 38.5. The fraction of sp³-hybridized carbons (Fsp3) is 0.500. The van der Waals surface area contributed by atoms with Crippen molar-refractivity contribution in [1.29, 1.82) is 0 Å². The lowest BCUT2D eigenvalue weighted by atomic mass is 9.94. The molecule has 0 aromatic heterocycles. The molecule has 1 saturated heterocycles. The summed E-state index contributed by atoms with van der Waals surface area (Å²) in [5.74, 6) is -0.656. The van der Waals surface area contributed by atoms with E-state index < -0.39 is 23.8 Å². The molecule has 0 aliphatic carbocycles. The Morgan fingerprint density at radius 1 is 1.35 bits per heavy atom. The van der Waals surface area contributed by atoms with Crippen LogP contribution in [0.4, 0.5) is 13.2 Å². The van der Waals surface area contributed by atoms with Gasteiger partial charge in [-0.1, -0.05) is 26.0 Å². The first-order valence-corrected chi connectivity index (χ1v) is 7.45. The molecule has 1 aliphatic rings. The fourth-order valence-electron chi connectivity index (χ4n) is 2.61. The number of carbonyl (C=O) groups excluding carboxylic acids is 2. The van der Waals surface area contributed by atoms with Crippen LogP contribution in [-0.4, -0.2) is 17.9 Å². The summed E-state index contributed by atoms with van der Waals surface area (Å²) in [7, 11) is 0. The van der Waals surface area contributed by atoms with Crippen molar-refractivity contribution < 1.29 is 22.8 Å². The van der Waals surface area contributed by atoms with Gasteiger partial charge in [0.1, 0.15) is 6.04 Å². The molecule has 0 bridgehead atoms. The number of benzene rings is 1. The summed E-state index contributed by atoms with van der Waals surface area (Å²) in [6.07, 6.45) is -3.74. The molecular weight excluding hydrogens is 309 g/mol. The second-order valence-corrected chi connectivity index (χ2v) is 6.01. The van der Waals surface area contributed by atoms with Crippen molar-refractivity contribution in [2.45, 2.75) is 44.9 Å². The third-order valence-electron chi connectivity index (χ3n) is 3.85. The van der Waals surface area contributed by atoms with Crippen LogP contribution in [-0.2, 0) is 15.8 Å². The molecule has 0 saturated carbocycles. The predicted molar refractivity (Wildman–Crippen MR) is 78.3 cm³/mol. The van der Waals surface area contributed by atoms with Gasteiger partial charge in [-0.05, 0) is 30.0 Å². The number of carbonyl (C=O) groups is 2. The third kappa shape index (κ3) is 4.24. The molecular formula is C16H19F3N2O2. The Morgan fingerprint density at radius 2 is 2.04 bits per heavy atom. The molecule has 126 valence electrons. The molecule has 2 amide bonds. The van der Waals surface area contributed by atoms with E-state index >= 15 is 0 Å². The van der Waals surface area contributed by atoms with Gasteiger partial charge in [-0.3, -0.25) is 9.59 Å². The minimum Gasteiger partial charge on any atom is -0.347 e. The van der Waals surface area contributed by atoms with E-state index in [0.717, 1.165) is 12.1 Å². The monoisotopic (exact) mass is 328 g/mol. The van der Waals surface area contributed by atoms with Crippen molar-refractivity contribution in [3.05, 3.63) is 35.4 Å². The van der Waals surface area contributed by atoms with Crippen molar-refractivity contribution >= 4 is 11.8 Å². The van der Waals surface area contributed by atoms with E-state index in [0.29, 0.717) is 12.0 Å². The first-order chi connectivity index (χ1) is 10.7. The van der Waals surface area contributed by atoms with Crippen LogP contribution in [0.25, 0.3) is 0 Å². The SMILES string of the molecule is CC(C)[C@@H](NC(=O)[C@@H]1CCC(=O)N1)c1cccc(C(F)(F)F)c1. The summed E-state index contributed by atoms with van der Waals surface area (Å²) in [5.41, 5.74) is -0.350. The highest BCUT2D eigenvalue weighted by Crippen LogP contribution is 2.32. The number of nitrogens with one attached hydrogen (secondary N) is 2. The molecule has 0 spiro atoms. The number of alkyl halides is 3. The van der Waals surface area contributed by atoms with Crippen molar-refractivity contribution in [2.24, 2.45) is 5.92 Å². The van der Waals surface area contributed by atoms with Crippen LogP contribution in [0.15, 0.2) is 24.3 Å². The molecule has 1 heterocycles. The van der Waals surface area contributed by atoms with E-state index in [1.54, 1.807) is 6.07 Å². The van der Waals surface area contributed by atoms with Crippen LogP contribution in [0.3, 0.4) is 0 Å². The number of halogens is 3. The number of hydrogen-bond acceptors (Lipinski definition) is 2. The molecule has 7 heteroatoms. The van der Waals surface area contributed by atoms with Crippen molar-refractivity contribution in [1.82, 2.24) is 10.6 Å². The Balaban J connectivity index is 2.18. The first-order valence-electron chi connectivity index (χ1n) is 7.45. The molecule has 23 heavy (non-hydrogen) atoms. The average molecular weight is 328 g/mol. The molecule has 4 nitrogen and oxygen atoms in total. The highest BCUT2D eigenvalue weighted by atomic mass is 19.4. The summed E-state index contributed by atoms with van der Waals surface area (Å²) >= 11 is 0. The zero-order valence-corrected chi connectivity index (χ0v) is 12.9. The molecule has 2 N–H and O–H groups in total. The van der Waals surface area contributed by atoms with Gasteiger partial charge in [0.25, 0.3) is 0 Å². The second kappa shape index (κ2) is 6.60. The van der Waals surface area contributed by atoms with Gasteiger partial charge >= 0.3 is 6.18 Å². The Hall–Kier alpha value is -2.05. The lowest BCUT2D eigenvalue weighted by Gasteiger charge is -2.25. The van der Waals surface area contributed by atoms with E-state index in [4.69, 9.17) is 0 Å². The number of hydrogen-bond donors (Lipinski definition) is 2. The normalized spacial score (nSPS) is 19.6. The molecule has 2 rings (SSSR count). The highest BCUT2D eigenvalue weighted by Gasteiger charge is 2.33. The summed E-state index contributed by atoms with van der Waals surface area (Å²) in [6.45, 7) is 3.64. The Kier molecular flexibility index (Phi) is 4.97. The van der Waals surface area contributed by atoms with E-state index in [2.05, 4.69) is 10.6 Å². The average Bonchev–Trinajstić information content (AvgIpc) is 2.90. The van der Waals surface area contributed by atoms with E-state index in [9.17, 15) is 22.8 Å². The van der Waals surface area contributed by atoms with Crippen LogP contribution in [0.5, 0.6) is 0 Å². The standard InChI is InChI=1S/C16H19F3N2O2/c1-9(2)14(21-15(23)12-6-7-13(22)20-12)10-4-3-5-11(8-10)16(17,18)19/h3-5,8-9,12,14H,6-7H2,1-2H3,(H,20,22)(H,21,23)/t12-,14+/m0/s1. The van der Waals surface area contributed by atoms with Crippen LogP contribution < -0.4 is 10.6 Å². The minimum absolute atomic E-state index is 0.0976. The Morgan fingerprint density at radius 3 is 2.57 bits per heavy atom. The van der Waals surface area contributed by atoms with Crippen molar-refractivity contribution in [2.75, 3.05) is 0 Å². The topological polar surface area (TPSA) is 58.2 Å². The van der Waals surface area contributed by atoms with Gasteiger partial charge in [0.15, 0.2) is 0 Å². The Bertz CT molecular complexity index is 599. The maximum atomic E-state index is 12.8. The fourth-order valence-corrected chi connectivity index (χ4v) is 2.61. The third-order valence-corrected chi connectivity index (χ3v) is 3.85. The second-order valence-electron chi connectivity index (χ2n) is 6.01. The van der Waals surface area contributed by atoms with Gasteiger partial charge in [0.2, 0.25) is 11.8 Å². The zero-order valence-electron chi connectivity index (χ0n) is 12.9. The van der Waals surface area contributed by atoms with E-state index in [1.165, 1.54) is 6.07 Å². The summed E-state index contributed by atoms with van der Waals surface area (Å²) in [4.78, 5) is 23.4. The minimum atomic E-state index is -4.43. The van der Waals surface area contributed by atoms with Gasteiger partial charge in [-0.15, -0.1) is 0 Å². The smallest absolute Gasteiger partial charge is 0.347 e. The Labute approximate surface area is 132 Å².